The molecule has 21 heavy (non-hydrogen) atoms. The van der Waals surface area contributed by atoms with Crippen LogP contribution in [-0.4, -0.2) is 10.8 Å². The van der Waals surface area contributed by atoms with E-state index in [0.717, 1.165) is 10.0 Å². The van der Waals surface area contributed by atoms with Crippen molar-refractivity contribution < 1.29 is 9.72 Å². The van der Waals surface area contributed by atoms with Gasteiger partial charge in [0.15, 0.2) is 0 Å². The van der Waals surface area contributed by atoms with Crippen molar-refractivity contribution in [1.29, 1.82) is 0 Å². The number of carbonyl (C=O) groups is 1. The summed E-state index contributed by atoms with van der Waals surface area (Å²) in [6.07, 6.45) is 0. The molecule has 108 valence electrons. The maximum absolute atomic E-state index is 12.0. The lowest BCUT2D eigenvalue weighted by molar-refractivity contribution is -0.384. The molecule has 1 amide bonds. The van der Waals surface area contributed by atoms with Gasteiger partial charge in [-0.15, -0.1) is 0 Å². The molecule has 0 spiro atoms. The minimum Gasteiger partial charge on any atom is -0.348 e. The number of carbonyl (C=O) groups excluding carboxylic acids is 1. The van der Waals surface area contributed by atoms with Gasteiger partial charge in [-0.25, -0.2) is 0 Å². The van der Waals surface area contributed by atoms with E-state index >= 15 is 0 Å². The van der Waals surface area contributed by atoms with Crippen molar-refractivity contribution in [2.75, 3.05) is 0 Å². The predicted octanol–water partition coefficient (Wildman–Crippen LogP) is 3.94. The zero-order chi connectivity index (χ0) is 15.4. The molecule has 0 aliphatic carbocycles. The Morgan fingerprint density at radius 2 is 2.00 bits per heavy atom. The Balaban J connectivity index is 2.09. The molecule has 0 fully saturated rings. The third kappa shape index (κ3) is 3.80. The van der Waals surface area contributed by atoms with Crippen LogP contribution in [0.5, 0.6) is 0 Å². The average Bonchev–Trinajstić information content (AvgIpc) is 2.45. The molecular weight excluding hydrogens is 360 g/mol. The average molecular weight is 370 g/mol. The number of nitrogens with zero attached hydrogens (tertiary/aromatic N) is 1. The zero-order valence-electron chi connectivity index (χ0n) is 10.7. The molecule has 0 unspecified atom stereocenters. The molecule has 7 heteroatoms. The van der Waals surface area contributed by atoms with Gasteiger partial charge in [-0.05, 0) is 23.8 Å². The van der Waals surface area contributed by atoms with Crippen LogP contribution in [0.25, 0.3) is 0 Å². The van der Waals surface area contributed by atoms with Crippen molar-refractivity contribution in [2.45, 2.75) is 6.54 Å². The third-order valence-corrected chi connectivity index (χ3v) is 3.88. The molecule has 0 radical (unpaired) electrons. The first kappa shape index (κ1) is 15.5. The van der Waals surface area contributed by atoms with Gasteiger partial charge in [0.05, 0.1) is 4.92 Å². The molecular formula is C14H10BrClN2O3. The summed E-state index contributed by atoms with van der Waals surface area (Å²) < 4.78 is 0.895. The first-order chi connectivity index (χ1) is 9.99. The maximum Gasteiger partial charge on any atom is 0.287 e. The number of halogens is 2. The number of benzene rings is 2. The van der Waals surface area contributed by atoms with Gasteiger partial charge in [0, 0.05) is 22.6 Å². The monoisotopic (exact) mass is 368 g/mol. The van der Waals surface area contributed by atoms with Gasteiger partial charge in [0.25, 0.3) is 11.6 Å². The number of nitro groups is 1. The van der Waals surface area contributed by atoms with E-state index in [1.165, 1.54) is 18.2 Å². The van der Waals surface area contributed by atoms with Gasteiger partial charge in [-0.1, -0.05) is 45.7 Å². The fourth-order valence-electron chi connectivity index (χ4n) is 1.72. The van der Waals surface area contributed by atoms with Crippen LogP contribution in [0.3, 0.4) is 0 Å². The van der Waals surface area contributed by atoms with E-state index in [2.05, 4.69) is 21.2 Å². The van der Waals surface area contributed by atoms with Crippen molar-refractivity contribution in [3.63, 3.8) is 0 Å². The van der Waals surface area contributed by atoms with E-state index in [1.54, 1.807) is 0 Å². The standard InChI is InChI=1S/C14H10BrClN2O3/c15-11-4-2-1-3-10(11)8-17-14(19)9-5-6-13(18(20)21)12(16)7-9/h1-7H,8H2,(H,17,19). The molecule has 0 aliphatic rings. The van der Waals surface area contributed by atoms with E-state index in [0.29, 0.717) is 6.54 Å². The zero-order valence-corrected chi connectivity index (χ0v) is 13.0. The van der Waals surface area contributed by atoms with E-state index in [1.807, 2.05) is 24.3 Å². The SMILES string of the molecule is O=C(NCc1ccccc1Br)c1ccc([N+](=O)[O-])c(Cl)c1. The molecule has 1 N–H and O–H groups in total. The van der Waals surface area contributed by atoms with Gasteiger partial charge < -0.3 is 5.32 Å². The Morgan fingerprint density at radius 3 is 2.62 bits per heavy atom. The third-order valence-electron chi connectivity index (χ3n) is 2.80. The van der Waals surface area contributed by atoms with Crippen LogP contribution >= 0.6 is 27.5 Å². The lowest BCUT2D eigenvalue weighted by atomic mass is 10.2. The van der Waals surface area contributed by atoms with Crippen molar-refractivity contribution in [1.82, 2.24) is 5.32 Å². The molecule has 0 heterocycles. The smallest absolute Gasteiger partial charge is 0.287 e. The topological polar surface area (TPSA) is 72.2 Å². The van der Waals surface area contributed by atoms with Crippen LogP contribution in [0.1, 0.15) is 15.9 Å². The molecule has 0 bridgehead atoms. The molecule has 0 saturated carbocycles. The summed E-state index contributed by atoms with van der Waals surface area (Å²) in [6, 6.07) is 11.4. The molecule has 5 nitrogen and oxygen atoms in total. The first-order valence-electron chi connectivity index (χ1n) is 5.94. The summed E-state index contributed by atoms with van der Waals surface area (Å²) in [7, 11) is 0. The number of nitrogens with one attached hydrogen (secondary N) is 1. The summed E-state index contributed by atoms with van der Waals surface area (Å²) >= 11 is 9.17. The summed E-state index contributed by atoms with van der Waals surface area (Å²) in [6.45, 7) is 0.342. The minimum atomic E-state index is -0.592. The number of amides is 1. The van der Waals surface area contributed by atoms with Crippen molar-refractivity contribution in [3.05, 3.63) is 73.2 Å². The van der Waals surface area contributed by atoms with E-state index in [9.17, 15) is 14.9 Å². The second-order valence-corrected chi connectivity index (χ2v) is 5.46. The number of hydrogen-bond donors (Lipinski definition) is 1. The van der Waals surface area contributed by atoms with Gasteiger partial charge in [0.1, 0.15) is 5.02 Å². The van der Waals surface area contributed by atoms with Crippen LogP contribution < -0.4 is 5.32 Å². The lowest BCUT2D eigenvalue weighted by Gasteiger charge is -2.07. The maximum atomic E-state index is 12.0. The quantitative estimate of drug-likeness (QED) is 0.655. The Labute approximate surface area is 134 Å². The fraction of sp³-hybridized carbons (Fsp3) is 0.0714. The number of hydrogen-bond acceptors (Lipinski definition) is 3. The Hall–Kier alpha value is -1.92. The van der Waals surface area contributed by atoms with Crippen molar-refractivity contribution >= 4 is 39.1 Å². The van der Waals surface area contributed by atoms with Gasteiger partial charge in [-0.3, -0.25) is 14.9 Å². The highest BCUT2D eigenvalue weighted by Crippen LogP contribution is 2.25. The Morgan fingerprint density at radius 1 is 1.29 bits per heavy atom. The van der Waals surface area contributed by atoms with Crippen LogP contribution in [0, 0.1) is 10.1 Å². The van der Waals surface area contributed by atoms with Crippen LogP contribution in [-0.2, 0) is 6.54 Å². The Bertz CT molecular complexity index is 706. The molecule has 0 atom stereocenters. The van der Waals surface area contributed by atoms with Crippen LogP contribution in [0.4, 0.5) is 5.69 Å². The van der Waals surface area contributed by atoms with E-state index < -0.39 is 4.92 Å². The highest BCUT2D eigenvalue weighted by molar-refractivity contribution is 9.10. The van der Waals surface area contributed by atoms with Gasteiger partial charge >= 0.3 is 0 Å². The highest BCUT2D eigenvalue weighted by atomic mass is 79.9. The van der Waals surface area contributed by atoms with Crippen LogP contribution in [0.2, 0.25) is 5.02 Å². The molecule has 2 aromatic carbocycles. The second kappa shape index (κ2) is 6.69. The summed E-state index contributed by atoms with van der Waals surface area (Å²) in [5, 5.41) is 13.3. The van der Waals surface area contributed by atoms with Crippen LogP contribution in [0.15, 0.2) is 46.9 Å². The Kier molecular flexibility index (Phi) is 4.93. The summed E-state index contributed by atoms with van der Waals surface area (Å²) in [5.41, 5.74) is 0.982. The molecule has 0 aromatic heterocycles. The van der Waals surface area contributed by atoms with Crippen molar-refractivity contribution in [2.24, 2.45) is 0 Å². The lowest BCUT2D eigenvalue weighted by Crippen LogP contribution is -2.23. The number of rotatable bonds is 4. The number of nitro benzene ring substituents is 1. The molecule has 0 aliphatic heterocycles. The predicted molar refractivity (Wildman–Crippen MR) is 83.4 cm³/mol. The first-order valence-corrected chi connectivity index (χ1v) is 7.11. The molecule has 2 rings (SSSR count). The normalized spacial score (nSPS) is 10.2. The van der Waals surface area contributed by atoms with E-state index in [-0.39, 0.29) is 22.2 Å². The van der Waals surface area contributed by atoms with E-state index in [4.69, 9.17) is 11.6 Å². The largest absolute Gasteiger partial charge is 0.348 e. The summed E-state index contributed by atoms with van der Waals surface area (Å²) in [4.78, 5) is 22.1. The van der Waals surface area contributed by atoms with Crippen molar-refractivity contribution in [3.8, 4) is 0 Å². The van der Waals surface area contributed by atoms with Gasteiger partial charge in [-0.2, -0.15) is 0 Å². The fourth-order valence-corrected chi connectivity index (χ4v) is 2.39. The molecule has 2 aromatic rings. The minimum absolute atomic E-state index is 0.0615. The highest BCUT2D eigenvalue weighted by Gasteiger charge is 2.15. The molecule has 0 saturated heterocycles. The van der Waals surface area contributed by atoms with Gasteiger partial charge in [0.2, 0.25) is 0 Å². The summed E-state index contributed by atoms with van der Waals surface area (Å²) in [5.74, 6) is -0.345. The second-order valence-electron chi connectivity index (χ2n) is 4.20.